The van der Waals surface area contributed by atoms with Crippen molar-refractivity contribution >= 4 is 44.1 Å². The molecule has 1 fully saturated rings. The van der Waals surface area contributed by atoms with Crippen molar-refractivity contribution in [2.75, 3.05) is 5.32 Å². The summed E-state index contributed by atoms with van der Waals surface area (Å²) in [7, 11) is 0. The molecule has 0 radical (unpaired) electrons. The highest BCUT2D eigenvalue weighted by molar-refractivity contribution is 6.13. The summed E-state index contributed by atoms with van der Waals surface area (Å²) in [5, 5.41) is 8.82. The average Bonchev–Trinajstić information content (AvgIpc) is 3.76. The number of para-hydroxylation sites is 2. The summed E-state index contributed by atoms with van der Waals surface area (Å²) in [4.78, 5) is 0. The second kappa shape index (κ2) is 10.5. The van der Waals surface area contributed by atoms with E-state index in [1.54, 1.807) is 0 Å². The Hall–Kier alpha value is -5.60. The minimum absolute atomic E-state index is 0.0308. The van der Waals surface area contributed by atoms with Crippen molar-refractivity contribution in [3.8, 4) is 33.4 Å². The highest BCUT2D eigenvalue weighted by Gasteiger charge is 2.46. The minimum atomic E-state index is -0.0562. The first kappa shape index (κ1) is 29.2. The summed E-state index contributed by atoms with van der Waals surface area (Å²) < 4.78 is 6.76. The molecule has 1 N–H and O–H groups in total. The molecule has 51 heavy (non-hydrogen) atoms. The van der Waals surface area contributed by atoms with Crippen LogP contribution in [-0.2, 0) is 10.8 Å². The van der Waals surface area contributed by atoms with Crippen molar-refractivity contribution in [3.05, 3.63) is 156 Å². The number of fused-ring (bicyclic) bond motifs is 13. The number of rotatable bonds is 3. The zero-order valence-corrected chi connectivity index (χ0v) is 29.1. The molecule has 1 heterocycles. The lowest BCUT2D eigenvalue weighted by atomic mass is 9.67. The van der Waals surface area contributed by atoms with Gasteiger partial charge in [-0.05, 0) is 104 Å². The molecule has 2 nitrogen and oxygen atoms in total. The Morgan fingerprint density at radius 3 is 2.10 bits per heavy atom. The van der Waals surface area contributed by atoms with Crippen LogP contribution >= 0.6 is 0 Å². The van der Waals surface area contributed by atoms with Gasteiger partial charge in [0.25, 0.3) is 0 Å². The maximum atomic E-state index is 6.76. The zero-order valence-electron chi connectivity index (χ0n) is 29.1. The molecule has 3 aliphatic rings. The molecule has 246 valence electrons. The fourth-order valence-electron chi connectivity index (χ4n) is 10.2. The fraction of sp³-hybridized carbons (Fsp3) is 0.184. The molecule has 3 aliphatic carbocycles. The summed E-state index contributed by atoms with van der Waals surface area (Å²) in [6.45, 7) is 4.83. The normalized spacial score (nSPS) is 16.4. The molecule has 0 amide bonds. The zero-order chi connectivity index (χ0) is 33.9. The lowest BCUT2D eigenvalue weighted by Crippen LogP contribution is -2.28. The van der Waals surface area contributed by atoms with E-state index in [1.165, 1.54) is 92.9 Å². The Labute approximate surface area is 298 Å². The molecule has 7 aromatic carbocycles. The molecular formula is C49H39NO. The Bertz CT molecular complexity index is 2720. The van der Waals surface area contributed by atoms with Crippen molar-refractivity contribution in [1.29, 1.82) is 0 Å². The monoisotopic (exact) mass is 657 g/mol. The summed E-state index contributed by atoms with van der Waals surface area (Å²) >= 11 is 0. The first-order valence-corrected chi connectivity index (χ1v) is 18.6. The van der Waals surface area contributed by atoms with Crippen LogP contribution in [0.1, 0.15) is 68.2 Å². The van der Waals surface area contributed by atoms with E-state index in [-0.39, 0.29) is 10.8 Å². The molecule has 0 aliphatic heterocycles. The third-order valence-corrected chi connectivity index (χ3v) is 12.6. The van der Waals surface area contributed by atoms with Gasteiger partial charge in [-0.3, -0.25) is 0 Å². The van der Waals surface area contributed by atoms with E-state index in [1.807, 2.05) is 0 Å². The molecule has 1 spiro atoms. The van der Waals surface area contributed by atoms with Crippen LogP contribution in [0.2, 0.25) is 0 Å². The van der Waals surface area contributed by atoms with Crippen LogP contribution in [0.25, 0.3) is 66.1 Å². The van der Waals surface area contributed by atoms with Gasteiger partial charge in [-0.2, -0.15) is 0 Å². The largest absolute Gasteiger partial charge is 0.453 e. The molecule has 0 unspecified atom stereocenters. The first-order valence-electron chi connectivity index (χ1n) is 18.6. The van der Waals surface area contributed by atoms with E-state index in [0.717, 1.165) is 38.9 Å². The summed E-state index contributed by atoms with van der Waals surface area (Å²) in [5.41, 5.74) is 17.9. The van der Waals surface area contributed by atoms with Gasteiger partial charge in [0, 0.05) is 32.9 Å². The SMILES string of the molecule is CC1(C)c2cc3c(cc2-c2c1ccc1ccccc21)C1(CCCCC1)c1cc(Nc2cccc4c2oc2c(-c5ccccc5)cccc24)ccc1-3. The predicted octanol–water partition coefficient (Wildman–Crippen LogP) is 13.7. The Morgan fingerprint density at radius 2 is 1.24 bits per heavy atom. The van der Waals surface area contributed by atoms with E-state index >= 15 is 0 Å². The van der Waals surface area contributed by atoms with Crippen LogP contribution in [0.15, 0.2) is 138 Å². The highest BCUT2D eigenvalue weighted by Crippen LogP contribution is 2.61. The molecule has 2 heteroatoms. The topological polar surface area (TPSA) is 25.2 Å². The molecule has 1 saturated carbocycles. The second-order valence-electron chi connectivity index (χ2n) is 15.6. The molecule has 0 atom stereocenters. The quantitative estimate of drug-likeness (QED) is 0.205. The number of hydrogen-bond acceptors (Lipinski definition) is 2. The van der Waals surface area contributed by atoms with Crippen molar-refractivity contribution in [1.82, 2.24) is 0 Å². The van der Waals surface area contributed by atoms with Crippen molar-refractivity contribution in [3.63, 3.8) is 0 Å². The minimum Gasteiger partial charge on any atom is -0.453 e. The van der Waals surface area contributed by atoms with E-state index in [4.69, 9.17) is 4.42 Å². The van der Waals surface area contributed by atoms with Gasteiger partial charge in [0.05, 0.1) is 5.69 Å². The number of hydrogen-bond donors (Lipinski definition) is 1. The first-order chi connectivity index (χ1) is 25.0. The van der Waals surface area contributed by atoms with E-state index in [2.05, 4.69) is 153 Å². The smallest absolute Gasteiger partial charge is 0.158 e. The van der Waals surface area contributed by atoms with E-state index in [9.17, 15) is 0 Å². The summed E-state index contributed by atoms with van der Waals surface area (Å²) in [6.07, 6.45) is 6.24. The van der Waals surface area contributed by atoms with Gasteiger partial charge in [0.1, 0.15) is 5.58 Å². The van der Waals surface area contributed by atoms with Crippen LogP contribution in [0.4, 0.5) is 11.4 Å². The molecule has 0 saturated heterocycles. The molecular weight excluding hydrogens is 619 g/mol. The van der Waals surface area contributed by atoms with Crippen LogP contribution in [0.3, 0.4) is 0 Å². The predicted molar refractivity (Wildman–Crippen MR) is 213 cm³/mol. The number of anilines is 2. The summed E-state index contributed by atoms with van der Waals surface area (Å²) in [6, 6.07) is 49.5. The van der Waals surface area contributed by atoms with Crippen molar-refractivity contribution in [2.45, 2.75) is 56.8 Å². The average molecular weight is 658 g/mol. The highest BCUT2D eigenvalue weighted by atomic mass is 16.3. The van der Waals surface area contributed by atoms with E-state index < -0.39 is 0 Å². The van der Waals surface area contributed by atoms with Gasteiger partial charge in [0.2, 0.25) is 0 Å². The summed E-state index contributed by atoms with van der Waals surface area (Å²) in [5.74, 6) is 0. The standard InChI is InChI=1S/C49H39NO/c1-48(2)40-24-21-31-15-7-8-16-33(31)45(40)39-29-43-38(28-41(39)48)35-23-22-32(27-42(35)49(43)25-9-4-10-26-49)50-44-20-12-19-37-36-18-11-17-34(46(36)51-47(37)44)30-13-5-3-6-14-30/h3,5-8,11-24,27-29,50H,4,9-10,25-26H2,1-2H3. The van der Waals surface area contributed by atoms with Crippen molar-refractivity contribution < 1.29 is 4.42 Å². The van der Waals surface area contributed by atoms with Gasteiger partial charge < -0.3 is 9.73 Å². The van der Waals surface area contributed by atoms with Crippen LogP contribution in [0.5, 0.6) is 0 Å². The van der Waals surface area contributed by atoms with Gasteiger partial charge in [-0.1, -0.05) is 136 Å². The maximum absolute atomic E-state index is 6.76. The van der Waals surface area contributed by atoms with Crippen LogP contribution in [-0.4, -0.2) is 0 Å². The lowest BCUT2D eigenvalue weighted by molar-refractivity contribution is 0.353. The Kier molecular flexibility index (Phi) is 5.98. The fourth-order valence-corrected chi connectivity index (χ4v) is 10.2. The molecule has 1 aromatic heterocycles. The number of furan rings is 1. The van der Waals surface area contributed by atoms with Gasteiger partial charge >= 0.3 is 0 Å². The molecule has 8 aromatic rings. The third kappa shape index (κ3) is 3.99. The van der Waals surface area contributed by atoms with Gasteiger partial charge in [-0.15, -0.1) is 0 Å². The van der Waals surface area contributed by atoms with Crippen LogP contribution in [0, 0.1) is 0 Å². The van der Waals surface area contributed by atoms with Crippen molar-refractivity contribution in [2.24, 2.45) is 0 Å². The maximum Gasteiger partial charge on any atom is 0.158 e. The Morgan fingerprint density at radius 1 is 0.510 bits per heavy atom. The van der Waals surface area contributed by atoms with Gasteiger partial charge in [-0.25, -0.2) is 0 Å². The number of nitrogens with one attached hydrogen (secondary N) is 1. The number of benzene rings is 7. The third-order valence-electron chi connectivity index (χ3n) is 12.6. The second-order valence-corrected chi connectivity index (χ2v) is 15.6. The lowest BCUT2D eigenvalue weighted by Gasteiger charge is -2.36. The molecule has 11 rings (SSSR count). The van der Waals surface area contributed by atoms with Crippen LogP contribution < -0.4 is 5.32 Å². The van der Waals surface area contributed by atoms with Gasteiger partial charge in [0.15, 0.2) is 5.58 Å². The Balaban J connectivity index is 1.05. The van der Waals surface area contributed by atoms with E-state index in [0.29, 0.717) is 0 Å². The molecule has 0 bridgehead atoms.